The molecule has 0 spiro atoms. The van der Waals surface area contributed by atoms with Gasteiger partial charge in [0.25, 0.3) is 0 Å². The molecular formula is C34H48. The fraction of sp³-hybridized carbons (Fsp3) is 0.529. The lowest BCUT2D eigenvalue weighted by molar-refractivity contribution is 0.158. The molecule has 0 aliphatic heterocycles. The summed E-state index contributed by atoms with van der Waals surface area (Å²) in [5, 5.41) is 0. The van der Waals surface area contributed by atoms with E-state index in [-0.39, 0.29) is 5.41 Å². The van der Waals surface area contributed by atoms with Crippen LogP contribution in [-0.4, -0.2) is 0 Å². The number of rotatable bonds is 6. The Kier molecular flexibility index (Phi) is 7.43. The first kappa shape index (κ1) is 26.5. The van der Waals surface area contributed by atoms with E-state index in [2.05, 4.69) is 136 Å². The van der Waals surface area contributed by atoms with Crippen molar-refractivity contribution >= 4 is 5.57 Å². The predicted molar refractivity (Wildman–Crippen MR) is 152 cm³/mol. The third kappa shape index (κ3) is 6.97. The molecule has 0 radical (unpaired) electrons. The molecular weight excluding hydrogens is 408 g/mol. The van der Waals surface area contributed by atoms with E-state index in [0.29, 0.717) is 22.2 Å². The minimum atomic E-state index is 0.174. The average molecular weight is 457 g/mol. The zero-order valence-corrected chi connectivity index (χ0v) is 23.5. The summed E-state index contributed by atoms with van der Waals surface area (Å²) in [7, 11) is 0. The van der Waals surface area contributed by atoms with Crippen molar-refractivity contribution in [2.24, 2.45) is 22.2 Å². The summed E-state index contributed by atoms with van der Waals surface area (Å²) in [6, 6.07) is 18.3. The molecule has 1 aliphatic carbocycles. The van der Waals surface area contributed by atoms with Gasteiger partial charge in [0.15, 0.2) is 0 Å². The third-order valence-corrected chi connectivity index (χ3v) is 7.26. The van der Waals surface area contributed by atoms with Crippen LogP contribution in [-0.2, 0) is 5.41 Å². The topological polar surface area (TPSA) is 0 Å². The van der Waals surface area contributed by atoms with Crippen LogP contribution >= 0.6 is 0 Å². The summed E-state index contributed by atoms with van der Waals surface area (Å²) in [4.78, 5) is 0. The Morgan fingerprint density at radius 2 is 1.26 bits per heavy atom. The van der Waals surface area contributed by atoms with Crippen LogP contribution in [0.5, 0.6) is 0 Å². The van der Waals surface area contributed by atoms with Crippen molar-refractivity contribution in [3.05, 3.63) is 77.9 Å². The maximum atomic E-state index is 2.46. The smallest absolute Gasteiger partial charge is 0.00986 e. The largest absolute Gasteiger partial charge is 0.0800 e. The van der Waals surface area contributed by atoms with E-state index < -0.39 is 0 Å². The molecule has 0 fully saturated rings. The standard InChI is InChI=1S/C34H48/c1-31(2,3)23-33(7,8)29-18-14-25(15-19-29)27-12-11-13-28(22-27)26-16-20-30(21-17-26)34(9,10)24-32(4,5)6/h11-20,22,30H,21,23-24H2,1-10H3. The van der Waals surface area contributed by atoms with E-state index in [1.165, 1.54) is 40.7 Å². The molecule has 0 saturated heterocycles. The molecule has 0 heteroatoms. The van der Waals surface area contributed by atoms with Gasteiger partial charge in [-0.25, -0.2) is 0 Å². The highest BCUT2D eigenvalue weighted by Gasteiger charge is 2.32. The summed E-state index contributed by atoms with van der Waals surface area (Å²) < 4.78 is 0. The van der Waals surface area contributed by atoms with Gasteiger partial charge < -0.3 is 0 Å². The molecule has 0 aromatic heterocycles. The summed E-state index contributed by atoms with van der Waals surface area (Å²) in [6.07, 6.45) is 10.8. The molecule has 1 aliphatic rings. The quantitative estimate of drug-likeness (QED) is 0.405. The second kappa shape index (κ2) is 9.52. The van der Waals surface area contributed by atoms with Gasteiger partial charge in [-0.2, -0.15) is 0 Å². The van der Waals surface area contributed by atoms with Crippen molar-refractivity contribution in [3.63, 3.8) is 0 Å². The van der Waals surface area contributed by atoms with Gasteiger partial charge in [-0.05, 0) is 80.7 Å². The van der Waals surface area contributed by atoms with Gasteiger partial charge in [0.2, 0.25) is 0 Å². The summed E-state index contributed by atoms with van der Waals surface area (Å²) >= 11 is 0. The van der Waals surface area contributed by atoms with Gasteiger partial charge in [0, 0.05) is 0 Å². The normalized spacial score (nSPS) is 17.6. The number of hydrogen-bond acceptors (Lipinski definition) is 0. The number of benzene rings is 2. The van der Waals surface area contributed by atoms with Gasteiger partial charge in [0.05, 0.1) is 0 Å². The Morgan fingerprint density at radius 1 is 0.676 bits per heavy atom. The lowest BCUT2D eigenvalue weighted by atomic mass is 9.67. The molecule has 184 valence electrons. The maximum absolute atomic E-state index is 2.46. The Balaban J connectivity index is 1.76. The second-order valence-electron chi connectivity index (χ2n) is 14.4. The van der Waals surface area contributed by atoms with Gasteiger partial charge in [0.1, 0.15) is 0 Å². The van der Waals surface area contributed by atoms with Crippen LogP contribution in [0.3, 0.4) is 0 Å². The van der Waals surface area contributed by atoms with E-state index >= 15 is 0 Å². The molecule has 2 aromatic carbocycles. The Hall–Kier alpha value is -2.08. The van der Waals surface area contributed by atoms with Gasteiger partial charge in [-0.1, -0.05) is 130 Å². The van der Waals surface area contributed by atoms with Crippen molar-refractivity contribution in [1.82, 2.24) is 0 Å². The first-order valence-corrected chi connectivity index (χ1v) is 13.2. The van der Waals surface area contributed by atoms with E-state index in [1.54, 1.807) is 0 Å². The van der Waals surface area contributed by atoms with Gasteiger partial charge in [-0.3, -0.25) is 0 Å². The Labute approximate surface area is 210 Å². The first-order chi connectivity index (χ1) is 15.6. The summed E-state index contributed by atoms with van der Waals surface area (Å²) in [5.74, 6) is 0.600. The molecule has 0 amide bonds. The minimum Gasteiger partial charge on any atom is -0.0800 e. The first-order valence-electron chi connectivity index (χ1n) is 13.2. The van der Waals surface area contributed by atoms with Gasteiger partial charge in [-0.15, -0.1) is 0 Å². The molecule has 0 bridgehead atoms. The molecule has 0 nitrogen and oxygen atoms in total. The molecule has 2 aromatic rings. The highest BCUT2D eigenvalue weighted by atomic mass is 14.4. The molecule has 3 rings (SSSR count). The number of hydrogen-bond donors (Lipinski definition) is 0. The van der Waals surface area contributed by atoms with Crippen LogP contribution in [0.2, 0.25) is 0 Å². The van der Waals surface area contributed by atoms with Crippen molar-refractivity contribution in [1.29, 1.82) is 0 Å². The van der Waals surface area contributed by atoms with Crippen LogP contribution in [0.1, 0.15) is 99.6 Å². The highest BCUT2D eigenvalue weighted by molar-refractivity contribution is 5.78. The molecule has 1 unspecified atom stereocenters. The van der Waals surface area contributed by atoms with Crippen molar-refractivity contribution in [3.8, 4) is 11.1 Å². The molecule has 0 heterocycles. The summed E-state index contributed by atoms with van der Waals surface area (Å²) in [5.41, 5.74) is 7.83. The zero-order valence-electron chi connectivity index (χ0n) is 23.5. The maximum Gasteiger partial charge on any atom is -0.00986 e. The molecule has 0 N–H and O–H groups in total. The lowest BCUT2D eigenvalue weighted by Crippen LogP contribution is -2.28. The fourth-order valence-electron chi connectivity index (χ4n) is 6.33. The molecule has 1 atom stereocenters. The SMILES string of the molecule is CC(C)(C)CC(C)(C)c1ccc(-c2cccc(C3=CCC(C(C)(C)CC(C)(C)C)C=C3)c2)cc1. The van der Waals surface area contributed by atoms with Crippen LogP contribution in [0.25, 0.3) is 16.7 Å². The lowest BCUT2D eigenvalue weighted by Gasteiger charge is -2.38. The van der Waals surface area contributed by atoms with Crippen molar-refractivity contribution in [2.45, 2.75) is 93.9 Å². The van der Waals surface area contributed by atoms with E-state index in [0.717, 1.165) is 6.42 Å². The fourth-order valence-corrected chi connectivity index (χ4v) is 6.33. The Morgan fingerprint density at radius 3 is 1.79 bits per heavy atom. The van der Waals surface area contributed by atoms with E-state index in [9.17, 15) is 0 Å². The molecule has 34 heavy (non-hydrogen) atoms. The second-order valence-corrected chi connectivity index (χ2v) is 14.4. The van der Waals surface area contributed by atoms with Crippen LogP contribution in [0.15, 0.2) is 66.8 Å². The van der Waals surface area contributed by atoms with Crippen molar-refractivity contribution in [2.75, 3.05) is 0 Å². The average Bonchev–Trinajstić information content (AvgIpc) is 2.71. The van der Waals surface area contributed by atoms with E-state index in [4.69, 9.17) is 0 Å². The number of allylic oxidation sites excluding steroid dienone is 4. The monoisotopic (exact) mass is 456 g/mol. The van der Waals surface area contributed by atoms with Crippen LogP contribution < -0.4 is 0 Å². The predicted octanol–water partition coefficient (Wildman–Crippen LogP) is 10.5. The third-order valence-electron chi connectivity index (χ3n) is 7.26. The van der Waals surface area contributed by atoms with Gasteiger partial charge >= 0.3 is 0 Å². The zero-order chi connectivity index (χ0) is 25.4. The Bertz CT molecular complexity index is 1030. The van der Waals surface area contributed by atoms with Crippen molar-refractivity contribution < 1.29 is 0 Å². The van der Waals surface area contributed by atoms with Crippen LogP contribution in [0.4, 0.5) is 0 Å². The highest BCUT2D eigenvalue weighted by Crippen LogP contribution is 2.43. The van der Waals surface area contributed by atoms with E-state index in [1.807, 2.05) is 0 Å². The molecule has 0 saturated carbocycles. The van der Waals surface area contributed by atoms with Crippen LogP contribution in [0, 0.1) is 22.2 Å². The minimum absolute atomic E-state index is 0.174. The summed E-state index contributed by atoms with van der Waals surface area (Å²) in [6.45, 7) is 23.6.